The summed E-state index contributed by atoms with van der Waals surface area (Å²) >= 11 is 1.40. The van der Waals surface area contributed by atoms with Gasteiger partial charge in [0.1, 0.15) is 5.75 Å². The lowest BCUT2D eigenvalue weighted by Crippen LogP contribution is -2.13. The number of hydrogen-bond acceptors (Lipinski definition) is 5. The highest BCUT2D eigenvalue weighted by Gasteiger charge is 2.14. The Morgan fingerprint density at radius 2 is 1.90 bits per heavy atom. The number of nitrogens with one attached hydrogen (secondary N) is 1. The number of carbonyl (C=O) groups is 1. The van der Waals surface area contributed by atoms with Crippen LogP contribution in [0.15, 0.2) is 47.4 Å². The van der Waals surface area contributed by atoms with Crippen molar-refractivity contribution in [1.82, 2.24) is 0 Å². The molecule has 0 bridgehead atoms. The predicted molar refractivity (Wildman–Crippen MR) is 80.0 cm³/mol. The molecule has 6 heteroatoms. The van der Waals surface area contributed by atoms with E-state index in [-0.39, 0.29) is 18.4 Å². The van der Waals surface area contributed by atoms with Crippen LogP contribution in [-0.4, -0.2) is 23.6 Å². The molecule has 1 heterocycles. The Hall–Kier alpha value is -2.34. The summed E-state index contributed by atoms with van der Waals surface area (Å²) in [5.41, 5.74) is 0.676. The van der Waals surface area contributed by atoms with Crippen molar-refractivity contribution in [3.05, 3.63) is 42.5 Å². The number of fused-ring (bicyclic) bond motifs is 1. The summed E-state index contributed by atoms with van der Waals surface area (Å²) < 4.78 is 10.5. The zero-order chi connectivity index (χ0) is 14.7. The number of anilines is 1. The second-order valence-corrected chi connectivity index (χ2v) is 5.45. The molecule has 2 N–H and O–H groups in total. The van der Waals surface area contributed by atoms with Gasteiger partial charge in [0, 0.05) is 16.6 Å². The molecule has 5 nitrogen and oxygen atoms in total. The van der Waals surface area contributed by atoms with Gasteiger partial charge in [-0.1, -0.05) is 0 Å². The third-order valence-electron chi connectivity index (χ3n) is 2.86. The van der Waals surface area contributed by atoms with Crippen LogP contribution in [0.25, 0.3) is 0 Å². The fraction of sp³-hybridized carbons (Fsp3) is 0.133. The molecule has 108 valence electrons. The molecule has 2 aromatic carbocycles. The van der Waals surface area contributed by atoms with Crippen LogP contribution in [0.4, 0.5) is 5.69 Å². The van der Waals surface area contributed by atoms with Gasteiger partial charge in [0.05, 0.1) is 5.75 Å². The highest BCUT2D eigenvalue weighted by Crippen LogP contribution is 2.34. The minimum atomic E-state index is -0.105. The molecule has 3 rings (SSSR count). The zero-order valence-electron chi connectivity index (χ0n) is 11.0. The summed E-state index contributed by atoms with van der Waals surface area (Å²) in [4.78, 5) is 12.8. The Labute approximate surface area is 125 Å². The molecule has 21 heavy (non-hydrogen) atoms. The van der Waals surface area contributed by atoms with Crippen molar-refractivity contribution in [3.8, 4) is 17.2 Å². The minimum absolute atomic E-state index is 0.105. The fourth-order valence-corrected chi connectivity index (χ4v) is 2.56. The quantitative estimate of drug-likeness (QED) is 0.850. The number of amides is 1. The summed E-state index contributed by atoms with van der Waals surface area (Å²) in [5, 5.41) is 12.0. The summed E-state index contributed by atoms with van der Waals surface area (Å²) in [6.45, 7) is 0.212. The third-order valence-corrected chi connectivity index (χ3v) is 3.88. The number of rotatable bonds is 4. The number of benzene rings is 2. The van der Waals surface area contributed by atoms with Crippen LogP contribution < -0.4 is 14.8 Å². The normalized spacial score (nSPS) is 12.2. The zero-order valence-corrected chi connectivity index (χ0v) is 11.9. The average Bonchev–Trinajstić information content (AvgIpc) is 2.94. The topological polar surface area (TPSA) is 67.8 Å². The van der Waals surface area contributed by atoms with E-state index in [0.29, 0.717) is 22.9 Å². The number of thioether (sulfide) groups is 1. The Morgan fingerprint density at radius 1 is 1.14 bits per heavy atom. The highest BCUT2D eigenvalue weighted by atomic mass is 32.2. The molecule has 0 atom stereocenters. The van der Waals surface area contributed by atoms with Gasteiger partial charge >= 0.3 is 0 Å². The van der Waals surface area contributed by atoms with Gasteiger partial charge in [-0.15, -0.1) is 11.8 Å². The van der Waals surface area contributed by atoms with Crippen molar-refractivity contribution in [1.29, 1.82) is 0 Å². The third kappa shape index (κ3) is 3.41. The first-order valence-corrected chi connectivity index (χ1v) is 7.30. The van der Waals surface area contributed by atoms with Crippen LogP contribution in [0, 0.1) is 0 Å². The van der Waals surface area contributed by atoms with E-state index in [2.05, 4.69) is 5.32 Å². The lowest BCUT2D eigenvalue weighted by atomic mass is 10.3. The van der Waals surface area contributed by atoms with E-state index in [4.69, 9.17) is 9.47 Å². The number of phenols is 1. The van der Waals surface area contributed by atoms with Crippen LogP contribution in [0.2, 0.25) is 0 Å². The smallest absolute Gasteiger partial charge is 0.234 e. The van der Waals surface area contributed by atoms with Crippen LogP contribution >= 0.6 is 11.8 Å². The molecule has 2 aromatic rings. The second kappa shape index (κ2) is 5.97. The number of carbonyl (C=O) groups excluding carboxylic acids is 1. The SMILES string of the molecule is O=C(CSc1ccc(O)cc1)Nc1ccc2c(c1)OCO2. The number of aromatic hydroxyl groups is 1. The second-order valence-electron chi connectivity index (χ2n) is 4.40. The monoisotopic (exact) mass is 303 g/mol. The van der Waals surface area contributed by atoms with Gasteiger partial charge in [-0.3, -0.25) is 4.79 Å². The van der Waals surface area contributed by atoms with Gasteiger partial charge in [-0.05, 0) is 36.4 Å². The van der Waals surface area contributed by atoms with Crippen LogP contribution in [-0.2, 0) is 4.79 Å². The molecule has 0 fully saturated rings. The van der Waals surface area contributed by atoms with Crippen LogP contribution in [0.3, 0.4) is 0 Å². The molecule has 0 aliphatic carbocycles. The number of hydrogen-bond donors (Lipinski definition) is 2. The van der Waals surface area contributed by atoms with E-state index in [9.17, 15) is 9.90 Å². The van der Waals surface area contributed by atoms with Crippen molar-refractivity contribution < 1.29 is 19.4 Å². The predicted octanol–water partition coefficient (Wildman–Crippen LogP) is 2.85. The van der Waals surface area contributed by atoms with Crippen molar-refractivity contribution >= 4 is 23.4 Å². The molecular formula is C15H13NO4S. The lowest BCUT2D eigenvalue weighted by Gasteiger charge is -2.06. The summed E-state index contributed by atoms with van der Waals surface area (Å²) in [5.74, 6) is 1.72. The maximum atomic E-state index is 11.9. The molecule has 1 aliphatic heterocycles. The van der Waals surface area contributed by atoms with E-state index < -0.39 is 0 Å². The standard InChI is InChI=1S/C15H13NO4S/c17-11-2-4-12(5-3-11)21-8-15(18)16-10-1-6-13-14(7-10)20-9-19-13/h1-7,17H,8-9H2,(H,16,18). The summed E-state index contributed by atoms with van der Waals surface area (Å²) in [7, 11) is 0. The van der Waals surface area contributed by atoms with Gasteiger partial charge in [-0.2, -0.15) is 0 Å². The molecule has 0 spiro atoms. The first-order valence-electron chi connectivity index (χ1n) is 6.32. The molecule has 0 radical (unpaired) electrons. The van der Waals surface area contributed by atoms with Crippen LogP contribution in [0.1, 0.15) is 0 Å². The van der Waals surface area contributed by atoms with E-state index in [1.165, 1.54) is 11.8 Å². The van der Waals surface area contributed by atoms with Crippen molar-refractivity contribution in [2.75, 3.05) is 17.9 Å². The van der Waals surface area contributed by atoms with Gasteiger partial charge in [-0.25, -0.2) is 0 Å². The highest BCUT2D eigenvalue weighted by molar-refractivity contribution is 8.00. The Morgan fingerprint density at radius 3 is 2.71 bits per heavy atom. The molecule has 0 unspecified atom stereocenters. The summed E-state index contributed by atoms with van der Waals surface area (Å²) in [6, 6.07) is 12.0. The molecule has 0 saturated carbocycles. The van der Waals surface area contributed by atoms with E-state index in [0.717, 1.165) is 4.90 Å². The minimum Gasteiger partial charge on any atom is -0.508 e. The number of phenolic OH excluding ortho intramolecular Hbond substituents is 1. The Balaban J connectivity index is 1.55. The van der Waals surface area contributed by atoms with Gasteiger partial charge in [0.15, 0.2) is 11.5 Å². The van der Waals surface area contributed by atoms with Crippen molar-refractivity contribution in [2.24, 2.45) is 0 Å². The first kappa shape index (κ1) is 13.6. The van der Waals surface area contributed by atoms with Gasteiger partial charge < -0.3 is 19.9 Å². The molecular weight excluding hydrogens is 290 g/mol. The van der Waals surface area contributed by atoms with Crippen LogP contribution in [0.5, 0.6) is 17.2 Å². The van der Waals surface area contributed by atoms with Gasteiger partial charge in [0.2, 0.25) is 12.7 Å². The van der Waals surface area contributed by atoms with E-state index in [1.807, 2.05) is 0 Å². The number of ether oxygens (including phenoxy) is 2. The van der Waals surface area contributed by atoms with E-state index >= 15 is 0 Å². The molecule has 0 saturated heterocycles. The fourth-order valence-electron chi connectivity index (χ4n) is 1.86. The maximum absolute atomic E-state index is 11.9. The molecule has 1 aliphatic rings. The van der Waals surface area contributed by atoms with E-state index in [1.54, 1.807) is 42.5 Å². The van der Waals surface area contributed by atoms with Crippen molar-refractivity contribution in [3.63, 3.8) is 0 Å². The Bertz CT molecular complexity index is 657. The van der Waals surface area contributed by atoms with Gasteiger partial charge in [0.25, 0.3) is 0 Å². The summed E-state index contributed by atoms with van der Waals surface area (Å²) in [6.07, 6.45) is 0. The average molecular weight is 303 g/mol. The molecule has 1 amide bonds. The van der Waals surface area contributed by atoms with Crippen molar-refractivity contribution in [2.45, 2.75) is 4.90 Å². The molecule has 0 aromatic heterocycles. The largest absolute Gasteiger partial charge is 0.508 e. The first-order chi connectivity index (χ1) is 10.2. The maximum Gasteiger partial charge on any atom is 0.234 e. The Kier molecular flexibility index (Phi) is 3.87. The lowest BCUT2D eigenvalue weighted by molar-refractivity contribution is -0.113.